The monoisotopic (exact) mass is 278 g/mol. The van der Waals surface area contributed by atoms with Gasteiger partial charge in [0, 0.05) is 13.1 Å². The molecule has 1 atom stereocenters. The van der Waals surface area contributed by atoms with E-state index in [0.29, 0.717) is 11.5 Å². The summed E-state index contributed by atoms with van der Waals surface area (Å²) in [5, 5.41) is 5.97. The summed E-state index contributed by atoms with van der Waals surface area (Å²) in [5.74, 6) is 1.24. The first-order valence-electron chi connectivity index (χ1n) is 7.00. The number of benzene rings is 1. The second kappa shape index (κ2) is 7.14. The Balaban J connectivity index is 2.16. The maximum absolute atomic E-state index is 11.9. The highest BCUT2D eigenvalue weighted by Crippen LogP contribution is 2.30. The molecule has 1 saturated heterocycles. The first-order valence-corrected chi connectivity index (χ1v) is 7.00. The first kappa shape index (κ1) is 14.7. The highest BCUT2D eigenvalue weighted by molar-refractivity contribution is 5.81. The number of carbonyl (C=O) groups excluding carboxylic acids is 1. The Hall–Kier alpha value is -1.75. The Bertz CT molecular complexity index is 462. The second-order valence-corrected chi connectivity index (χ2v) is 4.91. The van der Waals surface area contributed by atoms with E-state index in [1.807, 2.05) is 25.2 Å². The van der Waals surface area contributed by atoms with Gasteiger partial charge in [-0.25, -0.2) is 0 Å². The lowest BCUT2D eigenvalue weighted by molar-refractivity contribution is -0.127. The molecule has 0 radical (unpaired) electrons. The van der Waals surface area contributed by atoms with Crippen molar-refractivity contribution in [2.45, 2.75) is 31.9 Å². The minimum Gasteiger partial charge on any atom is -0.493 e. The molecule has 2 rings (SSSR count). The zero-order valence-electron chi connectivity index (χ0n) is 12.1. The molecule has 0 spiro atoms. The summed E-state index contributed by atoms with van der Waals surface area (Å²) in [5.41, 5.74) is 1.09. The molecule has 20 heavy (non-hydrogen) atoms. The lowest BCUT2D eigenvalue weighted by Gasteiger charge is -2.18. The second-order valence-electron chi connectivity index (χ2n) is 4.91. The molecule has 1 aromatic rings. The number of amides is 1. The fourth-order valence-electron chi connectivity index (χ4n) is 2.30. The summed E-state index contributed by atoms with van der Waals surface area (Å²) in [6, 6.07) is 5.78. The molecular formula is C15H22N2O3. The predicted molar refractivity (Wildman–Crippen MR) is 77.0 cm³/mol. The Morgan fingerprint density at radius 2 is 2.20 bits per heavy atom. The summed E-state index contributed by atoms with van der Waals surface area (Å²) in [4.78, 5) is 11.9. The summed E-state index contributed by atoms with van der Waals surface area (Å²) >= 11 is 0. The van der Waals surface area contributed by atoms with Gasteiger partial charge in [-0.1, -0.05) is 6.07 Å². The Labute approximate surface area is 119 Å². The van der Waals surface area contributed by atoms with E-state index >= 15 is 0 Å². The number of nitrogens with one attached hydrogen (secondary N) is 2. The Kier molecular flexibility index (Phi) is 5.24. The number of hydrogen-bond acceptors (Lipinski definition) is 4. The van der Waals surface area contributed by atoms with Crippen molar-refractivity contribution in [2.75, 3.05) is 20.7 Å². The number of ether oxygens (including phenoxy) is 2. The molecule has 5 heteroatoms. The van der Waals surface area contributed by atoms with Gasteiger partial charge < -0.3 is 20.1 Å². The van der Waals surface area contributed by atoms with Crippen LogP contribution in [0.1, 0.15) is 24.8 Å². The third kappa shape index (κ3) is 3.63. The minimum absolute atomic E-state index is 0.0384. The van der Waals surface area contributed by atoms with Gasteiger partial charge in [-0.15, -0.1) is 0 Å². The van der Waals surface area contributed by atoms with E-state index in [1.54, 1.807) is 7.11 Å². The predicted octanol–water partition coefficient (Wildman–Crippen LogP) is 1.46. The standard InChI is InChI=1S/C15H22N2O3/c1-16-10-11-6-7-12(19-2)14(9-11)20-13-5-3-4-8-17-15(13)18/h6-7,9,13,16H,3-5,8,10H2,1-2H3,(H,17,18). The molecule has 1 unspecified atom stereocenters. The van der Waals surface area contributed by atoms with E-state index in [1.165, 1.54) is 0 Å². The number of hydrogen-bond donors (Lipinski definition) is 2. The molecule has 0 bridgehead atoms. The average molecular weight is 278 g/mol. The molecule has 0 aliphatic carbocycles. The van der Waals surface area contributed by atoms with Crippen LogP contribution in [0.2, 0.25) is 0 Å². The lowest BCUT2D eigenvalue weighted by Crippen LogP contribution is -2.36. The zero-order valence-corrected chi connectivity index (χ0v) is 12.1. The molecule has 0 aromatic heterocycles. The molecule has 0 saturated carbocycles. The lowest BCUT2D eigenvalue weighted by atomic mass is 10.1. The minimum atomic E-state index is -0.434. The molecular weight excluding hydrogens is 256 g/mol. The molecule has 1 heterocycles. The molecule has 1 fully saturated rings. The van der Waals surface area contributed by atoms with Gasteiger partial charge in [-0.3, -0.25) is 4.79 Å². The van der Waals surface area contributed by atoms with Crippen LogP contribution in [-0.2, 0) is 11.3 Å². The first-order chi connectivity index (χ1) is 9.74. The SMILES string of the molecule is CNCc1ccc(OC)c(OC2CCCCNC2=O)c1. The van der Waals surface area contributed by atoms with Crippen LogP contribution in [0.4, 0.5) is 0 Å². The van der Waals surface area contributed by atoms with Crippen LogP contribution in [-0.4, -0.2) is 32.7 Å². The maximum atomic E-state index is 11.9. The molecule has 2 N–H and O–H groups in total. The van der Waals surface area contributed by atoms with Crippen molar-refractivity contribution in [3.8, 4) is 11.5 Å². The summed E-state index contributed by atoms with van der Waals surface area (Å²) in [6.45, 7) is 1.48. The van der Waals surface area contributed by atoms with Crippen molar-refractivity contribution in [2.24, 2.45) is 0 Å². The van der Waals surface area contributed by atoms with Gasteiger partial charge in [-0.05, 0) is 44.0 Å². The highest BCUT2D eigenvalue weighted by Gasteiger charge is 2.23. The van der Waals surface area contributed by atoms with Crippen LogP contribution < -0.4 is 20.1 Å². The number of carbonyl (C=O) groups is 1. The third-order valence-corrected chi connectivity index (χ3v) is 3.36. The van der Waals surface area contributed by atoms with Crippen molar-refractivity contribution < 1.29 is 14.3 Å². The van der Waals surface area contributed by atoms with E-state index < -0.39 is 6.10 Å². The van der Waals surface area contributed by atoms with Crippen LogP contribution in [0.3, 0.4) is 0 Å². The van der Waals surface area contributed by atoms with Crippen LogP contribution >= 0.6 is 0 Å². The fraction of sp³-hybridized carbons (Fsp3) is 0.533. The molecule has 5 nitrogen and oxygen atoms in total. The van der Waals surface area contributed by atoms with Gasteiger partial charge in [0.2, 0.25) is 0 Å². The van der Waals surface area contributed by atoms with Crippen molar-refractivity contribution in [3.63, 3.8) is 0 Å². The fourth-order valence-corrected chi connectivity index (χ4v) is 2.30. The van der Waals surface area contributed by atoms with Crippen molar-refractivity contribution in [1.29, 1.82) is 0 Å². The molecule has 1 aromatic carbocycles. The molecule has 110 valence electrons. The average Bonchev–Trinajstić information content (AvgIpc) is 2.65. The van der Waals surface area contributed by atoms with Gasteiger partial charge in [0.05, 0.1) is 7.11 Å². The zero-order chi connectivity index (χ0) is 14.4. The summed E-state index contributed by atoms with van der Waals surface area (Å²) in [6.07, 6.45) is 2.30. The number of methoxy groups -OCH3 is 1. The van der Waals surface area contributed by atoms with Crippen molar-refractivity contribution in [3.05, 3.63) is 23.8 Å². The largest absolute Gasteiger partial charge is 0.493 e. The van der Waals surface area contributed by atoms with Gasteiger partial charge in [0.1, 0.15) is 0 Å². The Morgan fingerprint density at radius 3 is 2.95 bits per heavy atom. The van der Waals surface area contributed by atoms with Crippen molar-refractivity contribution in [1.82, 2.24) is 10.6 Å². The van der Waals surface area contributed by atoms with Gasteiger partial charge in [0.15, 0.2) is 17.6 Å². The van der Waals surface area contributed by atoms with E-state index in [4.69, 9.17) is 9.47 Å². The molecule has 1 aliphatic heterocycles. The molecule has 1 aliphatic rings. The van der Waals surface area contributed by atoms with Gasteiger partial charge in [0.25, 0.3) is 5.91 Å². The van der Waals surface area contributed by atoms with E-state index in [-0.39, 0.29) is 5.91 Å². The highest BCUT2D eigenvalue weighted by atomic mass is 16.5. The smallest absolute Gasteiger partial charge is 0.261 e. The third-order valence-electron chi connectivity index (χ3n) is 3.36. The van der Waals surface area contributed by atoms with E-state index in [2.05, 4.69) is 10.6 Å². The topological polar surface area (TPSA) is 59.6 Å². The summed E-state index contributed by atoms with van der Waals surface area (Å²) in [7, 11) is 3.50. The van der Waals surface area contributed by atoms with E-state index in [9.17, 15) is 4.79 Å². The quantitative estimate of drug-likeness (QED) is 0.856. The van der Waals surface area contributed by atoms with E-state index in [0.717, 1.165) is 37.9 Å². The van der Waals surface area contributed by atoms with Crippen LogP contribution in [0.25, 0.3) is 0 Å². The number of rotatable bonds is 5. The van der Waals surface area contributed by atoms with Crippen LogP contribution in [0.5, 0.6) is 11.5 Å². The van der Waals surface area contributed by atoms with Gasteiger partial charge >= 0.3 is 0 Å². The molecule has 1 amide bonds. The van der Waals surface area contributed by atoms with Crippen LogP contribution in [0.15, 0.2) is 18.2 Å². The summed E-state index contributed by atoms with van der Waals surface area (Å²) < 4.78 is 11.2. The Morgan fingerprint density at radius 1 is 1.35 bits per heavy atom. The van der Waals surface area contributed by atoms with Gasteiger partial charge in [-0.2, -0.15) is 0 Å². The van der Waals surface area contributed by atoms with Crippen molar-refractivity contribution >= 4 is 5.91 Å². The maximum Gasteiger partial charge on any atom is 0.261 e. The van der Waals surface area contributed by atoms with Crippen LogP contribution in [0, 0.1) is 0 Å². The normalized spacial score (nSPS) is 19.1.